The molecule has 6 nitrogen and oxygen atoms in total. The predicted molar refractivity (Wildman–Crippen MR) is 117 cm³/mol. The third-order valence-electron chi connectivity index (χ3n) is 5.92. The summed E-state index contributed by atoms with van der Waals surface area (Å²) in [5.74, 6) is -0.748. The number of halogens is 1. The van der Waals surface area contributed by atoms with Crippen LogP contribution < -0.4 is 4.72 Å². The van der Waals surface area contributed by atoms with Crippen LogP contribution in [-0.2, 0) is 10.0 Å². The molecule has 1 aliphatic heterocycles. The zero-order valence-electron chi connectivity index (χ0n) is 17.8. The highest BCUT2D eigenvalue weighted by atomic mass is 32.2. The molecule has 1 amide bonds. The molecule has 2 heterocycles. The molecule has 1 fully saturated rings. The lowest BCUT2D eigenvalue weighted by molar-refractivity contribution is 0.0693. The largest absolute Gasteiger partial charge is 0.449 e. The monoisotopic (exact) mass is 444 g/mol. The van der Waals surface area contributed by atoms with Crippen LogP contribution in [0.4, 0.5) is 10.1 Å². The number of benzene rings is 2. The first-order chi connectivity index (χ1) is 14.7. The molecule has 1 N–H and O–H groups in total. The van der Waals surface area contributed by atoms with Crippen LogP contribution >= 0.6 is 0 Å². The van der Waals surface area contributed by atoms with E-state index in [2.05, 4.69) is 4.72 Å². The van der Waals surface area contributed by atoms with Crippen molar-refractivity contribution in [2.24, 2.45) is 0 Å². The van der Waals surface area contributed by atoms with E-state index < -0.39 is 15.8 Å². The van der Waals surface area contributed by atoms with Crippen LogP contribution in [-0.4, -0.2) is 32.3 Å². The summed E-state index contributed by atoms with van der Waals surface area (Å²) in [5.41, 5.74) is 1.80. The number of anilines is 1. The second kappa shape index (κ2) is 8.00. The molecule has 164 valence electrons. The van der Waals surface area contributed by atoms with Crippen molar-refractivity contribution in [2.45, 2.75) is 44.9 Å². The highest BCUT2D eigenvalue weighted by Crippen LogP contribution is 2.36. The minimum absolute atomic E-state index is 0.0773. The average molecular weight is 445 g/mol. The second-order valence-corrected chi connectivity index (χ2v) is 9.64. The van der Waals surface area contributed by atoms with E-state index in [4.69, 9.17) is 4.42 Å². The standard InChI is InChI=1S/C23H25FN2O4S/c1-14-13-17-16(3)20(23(27)26-11-7-4-8-12-26)30-21(17)22(15(14)2)31(28,29)25-19-10-6-5-9-18(19)24/h5-6,9-10,13,25H,4,7-8,11-12H2,1-3H3. The highest BCUT2D eigenvalue weighted by Gasteiger charge is 2.30. The molecule has 1 aliphatic rings. The third-order valence-corrected chi connectivity index (χ3v) is 7.43. The Morgan fingerprint density at radius 3 is 2.42 bits per heavy atom. The minimum atomic E-state index is -4.18. The number of aryl methyl sites for hydroxylation is 2. The van der Waals surface area contributed by atoms with Crippen LogP contribution in [0.2, 0.25) is 0 Å². The molecule has 31 heavy (non-hydrogen) atoms. The Balaban J connectivity index is 1.86. The van der Waals surface area contributed by atoms with Gasteiger partial charge in [-0.3, -0.25) is 9.52 Å². The van der Waals surface area contributed by atoms with E-state index in [1.54, 1.807) is 31.7 Å². The first kappa shape index (κ1) is 21.4. The molecule has 0 radical (unpaired) electrons. The number of carbonyl (C=O) groups excluding carboxylic acids is 1. The molecule has 0 spiro atoms. The summed E-state index contributed by atoms with van der Waals surface area (Å²) < 4.78 is 49.0. The lowest BCUT2D eigenvalue weighted by atomic mass is 10.0. The topological polar surface area (TPSA) is 79.6 Å². The highest BCUT2D eigenvalue weighted by molar-refractivity contribution is 7.93. The number of fused-ring (bicyclic) bond motifs is 1. The van der Waals surface area contributed by atoms with Gasteiger partial charge in [-0.25, -0.2) is 12.8 Å². The Kier molecular flexibility index (Phi) is 5.51. The van der Waals surface area contributed by atoms with Gasteiger partial charge in [0.25, 0.3) is 15.9 Å². The quantitative estimate of drug-likeness (QED) is 0.619. The van der Waals surface area contributed by atoms with Crippen LogP contribution in [0, 0.1) is 26.6 Å². The van der Waals surface area contributed by atoms with E-state index in [1.807, 2.05) is 6.07 Å². The number of piperidine rings is 1. The first-order valence-electron chi connectivity index (χ1n) is 10.3. The maximum Gasteiger partial charge on any atom is 0.289 e. The Hall–Kier alpha value is -2.87. The smallest absolute Gasteiger partial charge is 0.289 e. The second-order valence-electron chi connectivity index (χ2n) is 8.02. The van der Waals surface area contributed by atoms with Gasteiger partial charge >= 0.3 is 0 Å². The number of carbonyl (C=O) groups is 1. The number of likely N-dealkylation sites (tertiary alicyclic amines) is 1. The van der Waals surface area contributed by atoms with Crippen LogP contribution in [0.3, 0.4) is 0 Å². The summed E-state index contributed by atoms with van der Waals surface area (Å²) in [6.45, 7) is 6.56. The Bertz CT molecular complexity index is 1270. The van der Waals surface area contributed by atoms with Crippen molar-refractivity contribution >= 4 is 32.6 Å². The molecule has 0 bridgehead atoms. The van der Waals surface area contributed by atoms with Crippen molar-refractivity contribution in [3.05, 3.63) is 58.6 Å². The van der Waals surface area contributed by atoms with Gasteiger partial charge in [0, 0.05) is 24.0 Å². The summed E-state index contributed by atoms with van der Waals surface area (Å²) in [5, 5.41) is 0.567. The molecule has 2 aromatic carbocycles. The van der Waals surface area contributed by atoms with Gasteiger partial charge in [-0.2, -0.15) is 0 Å². The van der Waals surface area contributed by atoms with Gasteiger partial charge in [-0.1, -0.05) is 12.1 Å². The van der Waals surface area contributed by atoms with Gasteiger partial charge in [0.15, 0.2) is 11.3 Å². The molecule has 0 unspecified atom stereocenters. The third kappa shape index (κ3) is 3.80. The summed E-state index contributed by atoms with van der Waals surface area (Å²) >= 11 is 0. The van der Waals surface area contributed by atoms with Crippen LogP contribution in [0.5, 0.6) is 0 Å². The number of furan rings is 1. The van der Waals surface area contributed by atoms with Gasteiger partial charge in [-0.15, -0.1) is 0 Å². The molecule has 1 saturated heterocycles. The van der Waals surface area contributed by atoms with Gasteiger partial charge in [0.05, 0.1) is 5.69 Å². The lowest BCUT2D eigenvalue weighted by Gasteiger charge is -2.25. The molecule has 0 aliphatic carbocycles. The van der Waals surface area contributed by atoms with Crippen molar-refractivity contribution < 1.29 is 22.0 Å². The zero-order chi connectivity index (χ0) is 22.3. The fourth-order valence-corrected chi connectivity index (χ4v) is 5.57. The number of hydrogen-bond donors (Lipinski definition) is 1. The summed E-state index contributed by atoms with van der Waals surface area (Å²) in [4.78, 5) is 14.7. The maximum atomic E-state index is 14.1. The fourth-order valence-electron chi connectivity index (χ4n) is 4.05. The predicted octanol–water partition coefficient (Wildman–Crippen LogP) is 4.92. The Labute approximate surface area is 181 Å². The van der Waals surface area contributed by atoms with E-state index in [1.165, 1.54) is 18.2 Å². The number of nitrogens with one attached hydrogen (secondary N) is 1. The van der Waals surface area contributed by atoms with Gasteiger partial charge in [-0.05, 0) is 69.4 Å². The maximum absolute atomic E-state index is 14.1. The molecule has 8 heteroatoms. The van der Waals surface area contributed by atoms with Crippen molar-refractivity contribution in [3.8, 4) is 0 Å². The van der Waals surface area contributed by atoms with Crippen LogP contribution in [0.15, 0.2) is 39.6 Å². The van der Waals surface area contributed by atoms with Crippen molar-refractivity contribution in [2.75, 3.05) is 17.8 Å². The van der Waals surface area contributed by atoms with Crippen LogP contribution in [0.25, 0.3) is 11.0 Å². The summed E-state index contributed by atoms with van der Waals surface area (Å²) in [6.07, 6.45) is 2.97. The van der Waals surface area contributed by atoms with E-state index in [0.29, 0.717) is 29.6 Å². The van der Waals surface area contributed by atoms with Gasteiger partial charge in [0.2, 0.25) is 0 Å². The number of amides is 1. The Morgan fingerprint density at radius 2 is 1.74 bits per heavy atom. The number of para-hydroxylation sites is 1. The van der Waals surface area contributed by atoms with E-state index in [-0.39, 0.29) is 27.8 Å². The zero-order valence-corrected chi connectivity index (χ0v) is 18.6. The summed E-state index contributed by atoms with van der Waals surface area (Å²) in [6, 6.07) is 7.40. The number of nitrogens with zero attached hydrogens (tertiary/aromatic N) is 1. The van der Waals surface area contributed by atoms with Crippen molar-refractivity contribution in [3.63, 3.8) is 0 Å². The number of sulfonamides is 1. The van der Waals surface area contributed by atoms with Gasteiger partial charge in [0.1, 0.15) is 10.7 Å². The van der Waals surface area contributed by atoms with E-state index in [0.717, 1.165) is 24.8 Å². The van der Waals surface area contributed by atoms with E-state index >= 15 is 0 Å². The SMILES string of the molecule is Cc1cc2c(C)c(C(=O)N3CCCCC3)oc2c(S(=O)(=O)Nc2ccccc2F)c1C. The molecular weight excluding hydrogens is 419 g/mol. The average Bonchev–Trinajstić information content (AvgIpc) is 3.06. The van der Waals surface area contributed by atoms with Crippen LogP contribution in [0.1, 0.15) is 46.5 Å². The molecular formula is C23H25FN2O4S. The molecule has 0 atom stereocenters. The number of hydrogen-bond acceptors (Lipinski definition) is 4. The van der Waals surface area contributed by atoms with Crippen molar-refractivity contribution in [1.82, 2.24) is 4.90 Å². The molecule has 3 aromatic rings. The normalized spacial score (nSPS) is 14.8. The fraction of sp³-hybridized carbons (Fsp3) is 0.348. The molecule has 0 saturated carbocycles. The molecule has 4 rings (SSSR count). The lowest BCUT2D eigenvalue weighted by Crippen LogP contribution is -2.35. The minimum Gasteiger partial charge on any atom is -0.449 e. The summed E-state index contributed by atoms with van der Waals surface area (Å²) in [7, 11) is -4.18. The Morgan fingerprint density at radius 1 is 1.06 bits per heavy atom. The first-order valence-corrected chi connectivity index (χ1v) is 11.8. The van der Waals surface area contributed by atoms with Crippen molar-refractivity contribution in [1.29, 1.82) is 0 Å². The van der Waals surface area contributed by atoms with E-state index in [9.17, 15) is 17.6 Å². The van der Waals surface area contributed by atoms with Gasteiger partial charge < -0.3 is 9.32 Å². The number of rotatable bonds is 4. The molecule has 1 aromatic heterocycles.